The third kappa shape index (κ3) is 4.23. The van der Waals surface area contributed by atoms with Gasteiger partial charge in [-0.1, -0.05) is 6.07 Å². The summed E-state index contributed by atoms with van der Waals surface area (Å²) in [5.41, 5.74) is 1.22. The quantitative estimate of drug-likeness (QED) is 0.789. The van der Waals surface area contributed by atoms with Gasteiger partial charge in [-0.15, -0.1) is 11.3 Å². The molecule has 0 spiro atoms. The monoisotopic (exact) mass is 349 g/mol. The molecule has 0 fully saturated rings. The van der Waals surface area contributed by atoms with Gasteiger partial charge in [-0.2, -0.15) is 0 Å². The fourth-order valence-electron chi connectivity index (χ4n) is 2.11. The van der Waals surface area contributed by atoms with E-state index in [1.54, 1.807) is 33.3 Å². The summed E-state index contributed by atoms with van der Waals surface area (Å²) in [6, 6.07) is 5.36. The molecule has 24 heavy (non-hydrogen) atoms. The van der Waals surface area contributed by atoms with Crippen LogP contribution in [0.2, 0.25) is 0 Å². The number of carbonyl (C=O) groups is 2. The number of ether oxygens (including phenoxy) is 2. The van der Waals surface area contributed by atoms with Gasteiger partial charge in [-0.3, -0.25) is 4.79 Å². The molecule has 128 valence electrons. The second kappa shape index (κ2) is 7.78. The number of hydrogen-bond donors (Lipinski definition) is 1. The first-order chi connectivity index (χ1) is 11.4. The lowest BCUT2D eigenvalue weighted by Gasteiger charge is -2.10. The Morgan fingerprint density at radius 1 is 1.25 bits per heavy atom. The molecule has 0 saturated carbocycles. The lowest BCUT2D eigenvalue weighted by atomic mass is 10.2. The van der Waals surface area contributed by atoms with Crippen molar-refractivity contribution in [2.45, 2.75) is 19.9 Å². The number of methoxy groups -OCH3 is 2. The number of carboxylic acids is 1. The summed E-state index contributed by atoms with van der Waals surface area (Å²) in [6.07, 6.45) is 0.0199. The van der Waals surface area contributed by atoms with Crippen LogP contribution in [0.4, 0.5) is 0 Å². The highest BCUT2D eigenvalue weighted by molar-refractivity contribution is 7.13. The van der Waals surface area contributed by atoms with Gasteiger partial charge in [0.2, 0.25) is 5.91 Å². The van der Waals surface area contributed by atoms with Gasteiger partial charge in [0.05, 0.1) is 37.2 Å². The molecule has 2 rings (SSSR count). The van der Waals surface area contributed by atoms with Crippen LogP contribution >= 0.6 is 11.3 Å². The van der Waals surface area contributed by atoms with Crippen LogP contribution in [0.15, 0.2) is 18.2 Å². The van der Waals surface area contributed by atoms with Crippen molar-refractivity contribution in [3.05, 3.63) is 39.3 Å². The minimum atomic E-state index is -1.28. The molecule has 1 N–H and O–H groups in total. The third-order valence-corrected chi connectivity index (χ3v) is 4.41. The van der Waals surface area contributed by atoms with Crippen LogP contribution in [0, 0.1) is 6.92 Å². The Hall–Kier alpha value is -2.61. The number of benzene rings is 1. The summed E-state index contributed by atoms with van der Waals surface area (Å²) in [5.74, 6) is -0.329. The number of rotatable bonds is 7. The van der Waals surface area contributed by atoms with E-state index in [1.807, 2.05) is 6.07 Å². The standard InChI is InChI=1S/C16H18N2O5S/c1-9-15(16(20)21)24-14(18-9)7-13(19)17-8-10-4-5-11(22-2)12(6-10)23-3/h4-6H,7-8H2,1-3H3,(H,17,19)(H,20,21)/p-1. The van der Waals surface area contributed by atoms with E-state index in [-0.39, 0.29) is 17.2 Å². The topological polar surface area (TPSA) is 101 Å². The largest absolute Gasteiger partial charge is 0.544 e. The van der Waals surface area contributed by atoms with Crippen LogP contribution in [0.5, 0.6) is 11.5 Å². The van der Waals surface area contributed by atoms with Crippen LogP contribution in [-0.4, -0.2) is 31.1 Å². The van der Waals surface area contributed by atoms with Crippen molar-refractivity contribution in [1.29, 1.82) is 0 Å². The average molecular weight is 349 g/mol. The van der Waals surface area contributed by atoms with Crippen molar-refractivity contribution in [2.75, 3.05) is 14.2 Å². The van der Waals surface area contributed by atoms with E-state index in [1.165, 1.54) is 0 Å². The Balaban J connectivity index is 1.96. The number of hydrogen-bond acceptors (Lipinski definition) is 7. The Morgan fingerprint density at radius 2 is 1.96 bits per heavy atom. The Bertz CT molecular complexity index is 757. The van der Waals surface area contributed by atoms with Crippen LogP contribution in [0.25, 0.3) is 0 Å². The molecule has 0 unspecified atom stereocenters. The number of aromatic carboxylic acids is 1. The lowest BCUT2D eigenvalue weighted by molar-refractivity contribution is -0.254. The second-order valence-electron chi connectivity index (χ2n) is 4.95. The highest BCUT2D eigenvalue weighted by Crippen LogP contribution is 2.27. The molecule has 1 aromatic carbocycles. The van der Waals surface area contributed by atoms with Crippen LogP contribution in [0.1, 0.15) is 25.9 Å². The highest BCUT2D eigenvalue weighted by atomic mass is 32.1. The molecular formula is C16H17N2O5S-. The van der Waals surface area contributed by atoms with Crippen LogP contribution in [-0.2, 0) is 17.8 Å². The lowest BCUT2D eigenvalue weighted by Crippen LogP contribution is -2.24. The van der Waals surface area contributed by atoms with Crippen molar-refractivity contribution in [2.24, 2.45) is 0 Å². The predicted octanol–water partition coefficient (Wildman–Crippen LogP) is 0.691. The van der Waals surface area contributed by atoms with Gasteiger partial charge in [0, 0.05) is 6.54 Å². The molecule has 7 nitrogen and oxygen atoms in total. The predicted molar refractivity (Wildman–Crippen MR) is 86.3 cm³/mol. The normalized spacial score (nSPS) is 10.3. The van der Waals surface area contributed by atoms with E-state index < -0.39 is 5.97 Å². The smallest absolute Gasteiger partial charge is 0.227 e. The summed E-state index contributed by atoms with van der Waals surface area (Å²) in [5, 5.41) is 14.1. The molecule has 0 bridgehead atoms. The first-order valence-electron chi connectivity index (χ1n) is 7.09. The summed E-state index contributed by atoms with van der Waals surface area (Å²) in [7, 11) is 3.09. The molecule has 0 aliphatic carbocycles. The molecule has 1 amide bonds. The summed E-state index contributed by atoms with van der Waals surface area (Å²) in [4.78, 5) is 27.0. The van der Waals surface area contributed by atoms with Gasteiger partial charge in [-0.05, 0) is 24.6 Å². The fourth-order valence-corrected chi connectivity index (χ4v) is 3.01. The number of nitrogens with zero attached hydrogens (tertiary/aromatic N) is 1. The maximum atomic E-state index is 12.0. The minimum Gasteiger partial charge on any atom is -0.544 e. The van der Waals surface area contributed by atoms with E-state index in [2.05, 4.69) is 10.3 Å². The number of thiazole rings is 1. The molecule has 8 heteroatoms. The van der Waals surface area contributed by atoms with E-state index in [4.69, 9.17) is 9.47 Å². The number of aryl methyl sites for hydroxylation is 1. The average Bonchev–Trinajstić information content (AvgIpc) is 2.93. The molecule has 0 radical (unpaired) electrons. The SMILES string of the molecule is COc1ccc(CNC(=O)Cc2nc(C)c(C(=O)[O-])s2)cc1OC. The molecule has 2 aromatic rings. The zero-order chi connectivity index (χ0) is 17.7. The van der Waals surface area contributed by atoms with Gasteiger partial charge in [0.25, 0.3) is 0 Å². The summed E-state index contributed by atoms with van der Waals surface area (Å²) in [6.45, 7) is 1.89. The molecule has 0 saturated heterocycles. The van der Waals surface area contributed by atoms with E-state index in [9.17, 15) is 14.7 Å². The third-order valence-electron chi connectivity index (χ3n) is 3.28. The molecular weight excluding hydrogens is 332 g/mol. The Kier molecular flexibility index (Phi) is 5.75. The first kappa shape index (κ1) is 17.7. The van der Waals surface area contributed by atoms with E-state index in [0.717, 1.165) is 16.9 Å². The Morgan fingerprint density at radius 3 is 2.54 bits per heavy atom. The second-order valence-corrected chi connectivity index (χ2v) is 6.04. The van der Waals surface area contributed by atoms with Crippen molar-refractivity contribution in [3.8, 4) is 11.5 Å². The fraction of sp³-hybridized carbons (Fsp3) is 0.312. The van der Waals surface area contributed by atoms with Gasteiger partial charge < -0.3 is 24.7 Å². The van der Waals surface area contributed by atoms with E-state index in [0.29, 0.717) is 28.7 Å². The molecule has 0 aliphatic heterocycles. The molecule has 0 atom stereocenters. The number of carbonyl (C=O) groups excluding carboxylic acids is 2. The first-order valence-corrected chi connectivity index (χ1v) is 7.91. The molecule has 1 aromatic heterocycles. The van der Waals surface area contributed by atoms with Crippen molar-refractivity contribution >= 4 is 23.2 Å². The van der Waals surface area contributed by atoms with Crippen molar-refractivity contribution in [1.82, 2.24) is 10.3 Å². The number of amides is 1. The summed E-state index contributed by atoms with van der Waals surface area (Å²) >= 11 is 0.958. The van der Waals surface area contributed by atoms with Gasteiger partial charge in [0.1, 0.15) is 5.01 Å². The Labute approximate surface area is 143 Å². The number of aromatic nitrogens is 1. The number of nitrogens with one attached hydrogen (secondary N) is 1. The van der Waals surface area contributed by atoms with Crippen LogP contribution in [0.3, 0.4) is 0 Å². The van der Waals surface area contributed by atoms with Crippen molar-refractivity contribution in [3.63, 3.8) is 0 Å². The van der Waals surface area contributed by atoms with Crippen LogP contribution < -0.4 is 19.9 Å². The summed E-state index contributed by atoms with van der Waals surface area (Å²) < 4.78 is 10.4. The van der Waals surface area contributed by atoms with Gasteiger partial charge >= 0.3 is 0 Å². The van der Waals surface area contributed by atoms with Gasteiger partial charge in [-0.25, -0.2) is 4.98 Å². The maximum Gasteiger partial charge on any atom is 0.227 e. The van der Waals surface area contributed by atoms with E-state index >= 15 is 0 Å². The maximum absolute atomic E-state index is 12.0. The zero-order valence-corrected chi connectivity index (χ0v) is 14.4. The highest BCUT2D eigenvalue weighted by Gasteiger charge is 2.12. The molecule has 1 heterocycles. The minimum absolute atomic E-state index is 0.0199. The van der Waals surface area contributed by atoms with Crippen molar-refractivity contribution < 1.29 is 24.2 Å². The zero-order valence-electron chi connectivity index (χ0n) is 13.5. The molecule has 0 aliphatic rings. The van der Waals surface area contributed by atoms with Gasteiger partial charge in [0.15, 0.2) is 11.5 Å². The number of carboxylic acid groups (broad SMARTS) is 1.